The molecule has 0 bridgehead atoms. The number of rotatable bonds is 5. The molecule has 1 aliphatic rings. The van der Waals surface area contributed by atoms with E-state index in [1.807, 2.05) is 0 Å². The number of piperidine rings is 1. The van der Waals surface area contributed by atoms with Gasteiger partial charge in [-0.2, -0.15) is 0 Å². The van der Waals surface area contributed by atoms with Gasteiger partial charge in [0.1, 0.15) is 0 Å². The molecule has 1 saturated heterocycles. The Hall–Kier alpha value is -0.840. The number of halogens is 2. The average Bonchev–Trinajstić information content (AvgIpc) is 2.59. The van der Waals surface area contributed by atoms with Crippen molar-refractivity contribution in [2.24, 2.45) is 0 Å². The van der Waals surface area contributed by atoms with Crippen molar-refractivity contribution >= 4 is 43.2 Å². The zero-order chi connectivity index (χ0) is 16.1. The van der Waals surface area contributed by atoms with Crippen LogP contribution in [0.25, 0.3) is 0 Å². The number of likely N-dealkylation sites (tertiary alicyclic amines) is 1. The van der Waals surface area contributed by atoms with Gasteiger partial charge < -0.3 is 9.80 Å². The van der Waals surface area contributed by atoms with Crippen LogP contribution < -0.4 is 4.90 Å². The lowest BCUT2D eigenvalue weighted by Gasteiger charge is -2.32. The third-order valence-electron chi connectivity index (χ3n) is 4.38. The minimum Gasteiger partial charge on any atom is -0.338 e. The fourth-order valence-electron chi connectivity index (χ4n) is 3.14. The van der Waals surface area contributed by atoms with Crippen molar-refractivity contribution in [3.8, 4) is 0 Å². The van der Waals surface area contributed by atoms with E-state index in [1.54, 1.807) is 0 Å². The summed E-state index contributed by atoms with van der Waals surface area (Å²) in [6, 6.07) is 16.9. The first-order valence-corrected chi connectivity index (χ1v) is 9.83. The SMILES string of the molecule is Brc1ccccc1N(CCN1CCCCC1)c1ccccc1Br. The van der Waals surface area contributed by atoms with E-state index in [-0.39, 0.29) is 0 Å². The molecule has 0 N–H and O–H groups in total. The molecule has 0 aromatic heterocycles. The van der Waals surface area contributed by atoms with Gasteiger partial charge >= 0.3 is 0 Å². The monoisotopic (exact) mass is 436 g/mol. The highest BCUT2D eigenvalue weighted by Gasteiger charge is 2.17. The first kappa shape index (κ1) is 17.0. The molecule has 23 heavy (non-hydrogen) atoms. The Morgan fingerprint density at radius 2 is 1.30 bits per heavy atom. The lowest BCUT2D eigenvalue weighted by Crippen LogP contribution is -2.36. The lowest BCUT2D eigenvalue weighted by atomic mass is 10.1. The molecule has 0 spiro atoms. The van der Waals surface area contributed by atoms with Gasteiger partial charge in [0.25, 0.3) is 0 Å². The Labute approximate surface area is 155 Å². The highest BCUT2D eigenvalue weighted by atomic mass is 79.9. The van der Waals surface area contributed by atoms with Crippen molar-refractivity contribution in [2.45, 2.75) is 19.3 Å². The number of benzene rings is 2. The molecule has 122 valence electrons. The van der Waals surface area contributed by atoms with Gasteiger partial charge in [-0.25, -0.2) is 0 Å². The van der Waals surface area contributed by atoms with E-state index in [9.17, 15) is 0 Å². The van der Waals surface area contributed by atoms with E-state index in [4.69, 9.17) is 0 Å². The first-order chi connectivity index (χ1) is 11.3. The number of hydrogen-bond donors (Lipinski definition) is 0. The summed E-state index contributed by atoms with van der Waals surface area (Å²) in [5.74, 6) is 0. The molecule has 0 amide bonds. The van der Waals surface area contributed by atoms with Gasteiger partial charge in [-0.15, -0.1) is 0 Å². The number of para-hydroxylation sites is 2. The standard InChI is InChI=1S/C19H22Br2N2/c20-16-8-2-4-10-18(16)23(19-11-5-3-9-17(19)21)15-14-22-12-6-1-7-13-22/h2-5,8-11H,1,6-7,12-15H2. The van der Waals surface area contributed by atoms with E-state index in [2.05, 4.69) is 90.2 Å². The van der Waals surface area contributed by atoms with E-state index in [0.717, 1.165) is 22.0 Å². The summed E-state index contributed by atoms with van der Waals surface area (Å²) in [6.07, 6.45) is 4.06. The maximum absolute atomic E-state index is 3.71. The molecule has 2 aromatic carbocycles. The molecular weight excluding hydrogens is 416 g/mol. The van der Waals surface area contributed by atoms with E-state index in [0.29, 0.717) is 0 Å². The van der Waals surface area contributed by atoms with Crippen molar-refractivity contribution in [3.63, 3.8) is 0 Å². The van der Waals surface area contributed by atoms with Gasteiger partial charge in [-0.3, -0.25) is 0 Å². The second-order valence-corrected chi connectivity index (χ2v) is 7.67. The average molecular weight is 438 g/mol. The highest BCUT2D eigenvalue weighted by molar-refractivity contribution is 9.11. The molecule has 0 unspecified atom stereocenters. The first-order valence-electron chi connectivity index (χ1n) is 8.24. The third-order valence-corrected chi connectivity index (χ3v) is 5.72. The maximum atomic E-state index is 3.71. The predicted molar refractivity (Wildman–Crippen MR) is 106 cm³/mol. The van der Waals surface area contributed by atoms with Crippen molar-refractivity contribution in [1.82, 2.24) is 4.90 Å². The van der Waals surface area contributed by atoms with Gasteiger partial charge in [-0.1, -0.05) is 30.7 Å². The molecule has 0 atom stereocenters. The molecule has 1 heterocycles. The summed E-state index contributed by atoms with van der Waals surface area (Å²) < 4.78 is 2.27. The maximum Gasteiger partial charge on any atom is 0.0555 e. The summed E-state index contributed by atoms with van der Waals surface area (Å²) in [7, 11) is 0. The van der Waals surface area contributed by atoms with Crippen LogP contribution in [-0.4, -0.2) is 31.1 Å². The number of hydrogen-bond acceptors (Lipinski definition) is 2. The van der Waals surface area contributed by atoms with Crippen LogP contribution in [0.15, 0.2) is 57.5 Å². The van der Waals surface area contributed by atoms with Crippen molar-refractivity contribution < 1.29 is 0 Å². The molecule has 1 aliphatic heterocycles. The van der Waals surface area contributed by atoms with E-state index < -0.39 is 0 Å². The van der Waals surface area contributed by atoms with E-state index >= 15 is 0 Å². The fraction of sp³-hybridized carbons (Fsp3) is 0.368. The van der Waals surface area contributed by atoms with Gasteiger partial charge in [0.15, 0.2) is 0 Å². The smallest absolute Gasteiger partial charge is 0.0555 e. The summed E-state index contributed by atoms with van der Waals surface area (Å²) in [5.41, 5.74) is 2.44. The summed E-state index contributed by atoms with van der Waals surface area (Å²) in [5, 5.41) is 0. The Morgan fingerprint density at radius 1 is 0.783 bits per heavy atom. The van der Waals surface area contributed by atoms with Crippen LogP contribution in [0, 0.1) is 0 Å². The largest absolute Gasteiger partial charge is 0.338 e. The third kappa shape index (κ3) is 4.37. The molecule has 4 heteroatoms. The van der Waals surface area contributed by atoms with Crippen LogP contribution in [0.3, 0.4) is 0 Å². The Kier molecular flexibility index (Phi) is 6.15. The number of anilines is 2. The second kappa shape index (κ2) is 8.32. The van der Waals surface area contributed by atoms with Gasteiger partial charge in [0, 0.05) is 22.0 Å². The van der Waals surface area contributed by atoms with Crippen LogP contribution in [0.2, 0.25) is 0 Å². The Bertz CT molecular complexity index is 593. The fourth-order valence-corrected chi connectivity index (χ4v) is 4.13. The summed E-state index contributed by atoms with van der Waals surface area (Å²) in [6.45, 7) is 4.56. The van der Waals surface area contributed by atoms with Crippen LogP contribution in [0.5, 0.6) is 0 Å². The predicted octanol–water partition coefficient (Wildman–Crippen LogP) is 5.84. The molecular formula is C19H22Br2N2. The second-order valence-electron chi connectivity index (χ2n) is 5.96. The zero-order valence-electron chi connectivity index (χ0n) is 13.2. The molecule has 0 aliphatic carbocycles. The number of nitrogens with zero attached hydrogens (tertiary/aromatic N) is 2. The quantitative estimate of drug-likeness (QED) is 0.579. The molecule has 0 saturated carbocycles. The van der Waals surface area contributed by atoms with Crippen LogP contribution >= 0.6 is 31.9 Å². The summed E-state index contributed by atoms with van der Waals surface area (Å²) >= 11 is 7.43. The van der Waals surface area contributed by atoms with Crippen LogP contribution in [0.4, 0.5) is 11.4 Å². The van der Waals surface area contributed by atoms with Crippen LogP contribution in [-0.2, 0) is 0 Å². The van der Waals surface area contributed by atoms with Crippen molar-refractivity contribution in [1.29, 1.82) is 0 Å². The lowest BCUT2D eigenvalue weighted by molar-refractivity contribution is 0.234. The normalized spacial score (nSPS) is 15.6. The Morgan fingerprint density at radius 3 is 1.83 bits per heavy atom. The highest BCUT2D eigenvalue weighted by Crippen LogP contribution is 2.35. The Balaban J connectivity index is 1.84. The minimum atomic E-state index is 0.991. The molecule has 2 aromatic rings. The van der Waals surface area contributed by atoms with Crippen LogP contribution in [0.1, 0.15) is 19.3 Å². The topological polar surface area (TPSA) is 6.48 Å². The molecule has 1 fully saturated rings. The van der Waals surface area contributed by atoms with Crippen molar-refractivity contribution in [2.75, 3.05) is 31.1 Å². The molecule has 0 radical (unpaired) electrons. The summed E-state index contributed by atoms with van der Waals surface area (Å²) in [4.78, 5) is 4.99. The van der Waals surface area contributed by atoms with E-state index in [1.165, 1.54) is 43.7 Å². The zero-order valence-corrected chi connectivity index (χ0v) is 16.4. The van der Waals surface area contributed by atoms with Gasteiger partial charge in [0.2, 0.25) is 0 Å². The minimum absolute atomic E-state index is 0.991. The molecule has 2 nitrogen and oxygen atoms in total. The van der Waals surface area contributed by atoms with Gasteiger partial charge in [0.05, 0.1) is 11.4 Å². The van der Waals surface area contributed by atoms with Crippen molar-refractivity contribution in [3.05, 3.63) is 57.5 Å². The molecule has 3 rings (SSSR count). The van der Waals surface area contributed by atoms with Gasteiger partial charge in [-0.05, 0) is 82.1 Å².